The lowest BCUT2D eigenvalue weighted by molar-refractivity contribution is 0.599. The highest BCUT2D eigenvalue weighted by Gasteiger charge is 2.22. The molecule has 0 unspecified atom stereocenters. The van der Waals surface area contributed by atoms with Crippen molar-refractivity contribution < 1.29 is 12.8 Å². The minimum atomic E-state index is -3.56. The summed E-state index contributed by atoms with van der Waals surface area (Å²) in [7, 11) is -2.22. The number of anilines is 1. The lowest BCUT2D eigenvalue weighted by atomic mass is 9.99. The average Bonchev–Trinajstić information content (AvgIpc) is 2.52. The highest BCUT2D eigenvalue weighted by Crippen LogP contribution is 2.29. The molecule has 0 fully saturated rings. The molecule has 0 N–H and O–H groups in total. The first-order valence-corrected chi connectivity index (χ1v) is 9.02. The first-order chi connectivity index (χ1) is 11.1. The fourth-order valence-corrected chi connectivity index (χ4v) is 2.48. The van der Waals surface area contributed by atoms with Gasteiger partial charge in [0, 0.05) is 12.6 Å². The van der Waals surface area contributed by atoms with Crippen molar-refractivity contribution in [2.75, 3.05) is 17.6 Å². The Morgan fingerprint density at radius 3 is 2.25 bits per heavy atom. The van der Waals surface area contributed by atoms with Crippen LogP contribution in [-0.2, 0) is 10.0 Å². The zero-order chi connectivity index (χ0) is 18.1. The monoisotopic (exact) mass is 348 g/mol. The maximum Gasteiger partial charge on any atom is 0.239 e. The zero-order valence-electron chi connectivity index (χ0n) is 13.8. The van der Waals surface area contributed by atoms with Gasteiger partial charge in [-0.05, 0) is 30.2 Å². The lowest BCUT2D eigenvalue weighted by Crippen LogP contribution is -2.27. The second-order valence-electron chi connectivity index (χ2n) is 5.64. The van der Waals surface area contributed by atoms with E-state index < -0.39 is 15.8 Å². The van der Waals surface area contributed by atoms with Gasteiger partial charge in [-0.1, -0.05) is 13.8 Å². The molecule has 0 aliphatic carbocycles. The Morgan fingerprint density at radius 2 is 1.79 bits per heavy atom. The highest BCUT2D eigenvalue weighted by molar-refractivity contribution is 7.92. The van der Waals surface area contributed by atoms with Gasteiger partial charge in [-0.15, -0.1) is 0 Å². The number of benzene rings is 1. The quantitative estimate of drug-likeness (QED) is 0.848. The molecule has 0 spiro atoms. The van der Waals surface area contributed by atoms with Crippen molar-refractivity contribution in [2.45, 2.75) is 19.8 Å². The summed E-state index contributed by atoms with van der Waals surface area (Å²) in [6.07, 6.45) is 1.04. The fourth-order valence-electron chi connectivity index (χ4n) is 2.10. The Bertz CT molecular complexity index is 903. The lowest BCUT2D eigenvalue weighted by Gasteiger charge is -2.19. The van der Waals surface area contributed by atoms with Crippen LogP contribution >= 0.6 is 0 Å². The van der Waals surface area contributed by atoms with Crippen molar-refractivity contribution in [3.05, 3.63) is 41.3 Å². The van der Waals surface area contributed by atoms with Crippen molar-refractivity contribution in [3.63, 3.8) is 0 Å². The van der Waals surface area contributed by atoms with Crippen LogP contribution < -0.4 is 4.31 Å². The summed E-state index contributed by atoms with van der Waals surface area (Å²) >= 11 is 0. The van der Waals surface area contributed by atoms with Crippen molar-refractivity contribution in [3.8, 4) is 17.3 Å². The van der Waals surface area contributed by atoms with Gasteiger partial charge in [0.05, 0.1) is 17.6 Å². The van der Waals surface area contributed by atoms with Gasteiger partial charge in [-0.2, -0.15) is 5.26 Å². The van der Waals surface area contributed by atoms with E-state index in [1.165, 1.54) is 31.3 Å². The molecule has 126 valence electrons. The van der Waals surface area contributed by atoms with Crippen molar-refractivity contribution in [1.82, 2.24) is 9.97 Å². The van der Waals surface area contributed by atoms with Gasteiger partial charge in [0.1, 0.15) is 17.4 Å². The van der Waals surface area contributed by atoms with Gasteiger partial charge in [-0.25, -0.2) is 27.1 Å². The molecular weight excluding hydrogens is 331 g/mol. The van der Waals surface area contributed by atoms with E-state index in [1.54, 1.807) is 0 Å². The molecule has 6 nitrogen and oxygen atoms in total. The maximum atomic E-state index is 13.2. The molecule has 24 heavy (non-hydrogen) atoms. The Hall–Kier alpha value is -2.53. The standard InChI is InChI=1S/C16H17FN4O2S/c1-10(2)14-13(9-18)15(11-5-7-12(17)8-6-11)20-16(19-14)21(3)24(4,22)23/h5-8,10H,1-4H3. The van der Waals surface area contributed by atoms with Gasteiger partial charge >= 0.3 is 0 Å². The molecule has 1 heterocycles. The molecule has 2 rings (SSSR count). The van der Waals surface area contributed by atoms with Crippen molar-refractivity contribution in [1.29, 1.82) is 5.26 Å². The molecule has 1 aromatic carbocycles. The van der Waals surface area contributed by atoms with Gasteiger partial charge in [0.2, 0.25) is 16.0 Å². The third kappa shape index (κ3) is 3.51. The summed E-state index contributed by atoms with van der Waals surface area (Å²) in [6.45, 7) is 3.70. The number of nitrogens with zero attached hydrogens (tertiary/aromatic N) is 4. The normalized spacial score (nSPS) is 11.4. The molecule has 0 aliphatic heterocycles. The van der Waals surface area contributed by atoms with E-state index in [9.17, 15) is 18.1 Å². The van der Waals surface area contributed by atoms with Gasteiger partial charge in [0.25, 0.3) is 0 Å². The average molecular weight is 348 g/mol. The number of hydrogen-bond donors (Lipinski definition) is 0. The summed E-state index contributed by atoms with van der Waals surface area (Å²) in [5.74, 6) is -0.558. The SMILES string of the molecule is CC(C)c1nc(N(C)S(C)(=O)=O)nc(-c2ccc(F)cc2)c1C#N. The van der Waals surface area contributed by atoms with Crippen LogP contribution in [0.1, 0.15) is 31.0 Å². The number of hydrogen-bond acceptors (Lipinski definition) is 5. The molecular formula is C16H17FN4O2S. The summed E-state index contributed by atoms with van der Waals surface area (Å²) in [5.41, 5.74) is 1.49. The molecule has 0 saturated carbocycles. The third-order valence-electron chi connectivity index (χ3n) is 3.48. The predicted molar refractivity (Wildman–Crippen MR) is 89.5 cm³/mol. The molecule has 0 saturated heterocycles. The molecule has 0 atom stereocenters. The van der Waals surface area contributed by atoms with Crippen molar-refractivity contribution in [2.24, 2.45) is 0 Å². The fraction of sp³-hybridized carbons (Fsp3) is 0.312. The summed E-state index contributed by atoms with van der Waals surface area (Å²) in [4.78, 5) is 8.50. The maximum absolute atomic E-state index is 13.2. The zero-order valence-corrected chi connectivity index (χ0v) is 14.6. The Labute approximate surface area is 140 Å². The molecule has 0 radical (unpaired) electrons. The minimum Gasteiger partial charge on any atom is -0.241 e. The van der Waals surface area contributed by atoms with E-state index in [0.717, 1.165) is 10.6 Å². The van der Waals surface area contributed by atoms with Crippen LogP contribution in [0.2, 0.25) is 0 Å². The summed E-state index contributed by atoms with van der Waals surface area (Å²) in [5, 5.41) is 9.52. The first kappa shape index (κ1) is 17.8. The van der Waals surface area contributed by atoms with Crippen molar-refractivity contribution >= 4 is 16.0 Å². The number of halogens is 1. The van der Waals surface area contributed by atoms with Crippen LogP contribution in [0.25, 0.3) is 11.3 Å². The molecule has 8 heteroatoms. The van der Waals surface area contributed by atoms with Crippen LogP contribution in [0.3, 0.4) is 0 Å². The largest absolute Gasteiger partial charge is 0.241 e. The smallest absolute Gasteiger partial charge is 0.239 e. The van der Waals surface area contributed by atoms with E-state index in [1.807, 2.05) is 13.8 Å². The topological polar surface area (TPSA) is 87.0 Å². The minimum absolute atomic E-state index is 0.0282. The van der Waals surface area contributed by atoms with Crippen LogP contribution in [0, 0.1) is 17.1 Å². The van der Waals surface area contributed by atoms with Gasteiger partial charge < -0.3 is 0 Å². The molecule has 0 aliphatic rings. The Balaban J connectivity index is 2.79. The van der Waals surface area contributed by atoms with E-state index in [-0.39, 0.29) is 23.1 Å². The number of aromatic nitrogens is 2. The second kappa shape index (κ2) is 6.53. The highest BCUT2D eigenvalue weighted by atomic mass is 32.2. The van der Waals surface area contributed by atoms with E-state index in [4.69, 9.17) is 0 Å². The molecule has 2 aromatic rings. The predicted octanol–water partition coefficient (Wildman–Crippen LogP) is 2.67. The first-order valence-electron chi connectivity index (χ1n) is 7.17. The Morgan fingerprint density at radius 1 is 1.21 bits per heavy atom. The van der Waals surface area contributed by atoms with Gasteiger partial charge in [-0.3, -0.25) is 0 Å². The Kier molecular flexibility index (Phi) is 4.85. The molecule has 0 amide bonds. The van der Waals surface area contributed by atoms with E-state index in [2.05, 4.69) is 16.0 Å². The van der Waals surface area contributed by atoms with Crippen LogP contribution in [-0.4, -0.2) is 31.7 Å². The van der Waals surface area contributed by atoms with Gasteiger partial charge in [0.15, 0.2) is 0 Å². The number of nitriles is 1. The number of sulfonamides is 1. The van der Waals surface area contributed by atoms with E-state index in [0.29, 0.717) is 11.3 Å². The molecule has 0 bridgehead atoms. The van der Waals surface area contributed by atoms with E-state index >= 15 is 0 Å². The van der Waals surface area contributed by atoms with Crippen LogP contribution in [0.5, 0.6) is 0 Å². The summed E-state index contributed by atoms with van der Waals surface area (Å²) < 4.78 is 37.7. The third-order valence-corrected chi connectivity index (χ3v) is 4.64. The molecule has 1 aromatic heterocycles. The van der Waals surface area contributed by atoms with Crippen LogP contribution in [0.4, 0.5) is 10.3 Å². The summed E-state index contributed by atoms with van der Waals surface area (Å²) in [6, 6.07) is 7.58. The van der Waals surface area contributed by atoms with Crippen LogP contribution in [0.15, 0.2) is 24.3 Å². The second-order valence-corrected chi connectivity index (χ2v) is 7.65. The number of rotatable bonds is 4.